The zero-order chi connectivity index (χ0) is 16.6. The SMILES string of the molecule is CC(C)C1OCCC1C(=O)NC(C)(C)c1ccc2c(c1)OCO2. The molecular formula is C18H25NO4. The number of amides is 1. The molecule has 0 aliphatic carbocycles. The highest BCUT2D eigenvalue weighted by Crippen LogP contribution is 2.36. The minimum absolute atomic E-state index is 0.00236. The van der Waals surface area contributed by atoms with Gasteiger partial charge in [0, 0.05) is 6.61 Å². The Kier molecular flexibility index (Phi) is 4.23. The molecular weight excluding hydrogens is 294 g/mol. The fraction of sp³-hybridized carbons (Fsp3) is 0.611. The molecule has 1 amide bonds. The van der Waals surface area contributed by atoms with E-state index in [2.05, 4.69) is 19.2 Å². The van der Waals surface area contributed by atoms with Crippen molar-refractivity contribution < 1.29 is 19.0 Å². The highest BCUT2D eigenvalue weighted by molar-refractivity contribution is 5.80. The Hall–Kier alpha value is -1.75. The molecule has 0 spiro atoms. The predicted molar refractivity (Wildman–Crippen MR) is 86.4 cm³/mol. The van der Waals surface area contributed by atoms with Crippen LogP contribution in [-0.4, -0.2) is 25.4 Å². The molecule has 2 heterocycles. The van der Waals surface area contributed by atoms with Crippen molar-refractivity contribution in [2.75, 3.05) is 13.4 Å². The van der Waals surface area contributed by atoms with Crippen molar-refractivity contribution >= 4 is 5.91 Å². The number of rotatable bonds is 4. The molecule has 0 radical (unpaired) electrons. The molecule has 3 rings (SSSR count). The lowest BCUT2D eigenvalue weighted by atomic mass is 9.89. The van der Waals surface area contributed by atoms with Crippen LogP contribution in [0.2, 0.25) is 0 Å². The van der Waals surface area contributed by atoms with Gasteiger partial charge in [-0.15, -0.1) is 0 Å². The van der Waals surface area contributed by atoms with E-state index < -0.39 is 5.54 Å². The minimum Gasteiger partial charge on any atom is -0.454 e. The largest absolute Gasteiger partial charge is 0.454 e. The second-order valence-electron chi connectivity index (χ2n) is 7.16. The van der Waals surface area contributed by atoms with Gasteiger partial charge in [0.1, 0.15) is 0 Å². The third-order valence-electron chi connectivity index (χ3n) is 4.66. The fourth-order valence-corrected chi connectivity index (χ4v) is 3.31. The van der Waals surface area contributed by atoms with Crippen molar-refractivity contribution in [2.45, 2.75) is 45.8 Å². The highest BCUT2D eigenvalue weighted by Gasteiger charge is 2.38. The molecule has 126 valence electrons. The van der Waals surface area contributed by atoms with Gasteiger partial charge in [-0.1, -0.05) is 19.9 Å². The molecule has 0 saturated carbocycles. The summed E-state index contributed by atoms with van der Waals surface area (Å²) in [6, 6.07) is 5.80. The van der Waals surface area contributed by atoms with E-state index in [1.165, 1.54) is 0 Å². The first-order valence-electron chi connectivity index (χ1n) is 8.22. The molecule has 1 fully saturated rings. The third-order valence-corrected chi connectivity index (χ3v) is 4.66. The summed E-state index contributed by atoms with van der Waals surface area (Å²) in [5, 5.41) is 3.18. The van der Waals surface area contributed by atoms with Gasteiger partial charge in [0.05, 0.1) is 17.6 Å². The summed E-state index contributed by atoms with van der Waals surface area (Å²) in [5.74, 6) is 1.79. The van der Waals surface area contributed by atoms with Gasteiger partial charge in [-0.2, -0.15) is 0 Å². The molecule has 1 aromatic carbocycles. The summed E-state index contributed by atoms with van der Waals surface area (Å²) in [6.07, 6.45) is 0.786. The summed E-state index contributed by atoms with van der Waals surface area (Å²) in [4.78, 5) is 12.7. The Bertz CT molecular complexity index is 597. The van der Waals surface area contributed by atoms with Crippen LogP contribution in [0.3, 0.4) is 0 Å². The number of hydrogen-bond donors (Lipinski definition) is 1. The average Bonchev–Trinajstić information content (AvgIpc) is 3.15. The smallest absolute Gasteiger partial charge is 0.231 e. The van der Waals surface area contributed by atoms with Crippen molar-refractivity contribution in [3.63, 3.8) is 0 Å². The van der Waals surface area contributed by atoms with Crippen LogP contribution < -0.4 is 14.8 Å². The zero-order valence-electron chi connectivity index (χ0n) is 14.2. The van der Waals surface area contributed by atoms with E-state index >= 15 is 0 Å². The zero-order valence-corrected chi connectivity index (χ0v) is 14.2. The summed E-state index contributed by atoms with van der Waals surface area (Å²) in [5.41, 5.74) is 0.512. The summed E-state index contributed by atoms with van der Waals surface area (Å²) in [6.45, 7) is 9.11. The Morgan fingerprint density at radius 1 is 1.26 bits per heavy atom. The van der Waals surface area contributed by atoms with E-state index in [4.69, 9.17) is 14.2 Å². The Morgan fingerprint density at radius 3 is 2.74 bits per heavy atom. The third kappa shape index (κ3) is 3.15. The van der Waals surface area contributed by atoms with E-state index in [0.29, 0.717) is 12.5 Å². The molecule has 0 aromatic heterocycles. The lowest BCUT2D eigenvalue weighted by Crippen LogP contribution is -2.46. The number of carbonyl (C=O) groups excluding carboxylic acids is 1. The number of carbonyl (C=O) groups is 1. The minimum atomic E-state index is -0.484. The summed E-state index contributed by atoms with van der Waals surface area (Å²) in [7, 11) is 0. The molecule has 2 atom stereocenters. The van der Waals surface area contributed by atoms with Crippen LogP contribution >= 0.6 is 0 Å². The number of fused-ring (bicyclic) bond motifs is 1. The van der Waals surface area contributed by atoms with Gasteiger partial charge in [0.25, 0.3) is 0 Å². The van der Waals surface area contributed by atoms with Gasteiger partial charge in [-0.25, -0.2) is 0 Å². The van der Waals surface area contributed by atoms with E-state index in [9.17, 15) is 4.79 Å². The maximum absolute atomic E-state index is 12.7. The van der Waals surface area contributed by atoms with Crippen molar-refractivity contribution in [3.8, 4) is 11.5 Å². The van der Waals surface area contributed by atoms with Gasteiger partial charge in [-0.05, 0) is 43.9 Å². The molecule has 5 heteroatoms. The lowest BCUT2D eigenvalue weighted by molar-refractivity contribution is -0.129. The monoisotopic (exact) mass is 319 g/mol. The van der Waals surface area contributed by atoms with E-state index in [-0.39, 0.29) is 24.7 Å². The molecule has 0 bridgehead atoms. The van der Waals surface area contributed by atoms with Crippen LogP contribution in [0.4, 0.5) is 0 Å². The van der Waals surface area contributed by atoms with Gasteiger partial charge >= 0.3 is 0 Å². The van der Waals surface area contributed by atoms with Crippen molar-refractivity contribution in [3.05, 3.63) is 23.8 Å². The molecule has 23 heavy (non-hydrogen) atoms. The van der Waals surface area contributed by atoms with E-state index in [0.717, 1.165) is 23.5 Å². The molecule has 2 aliphatic heterocycles. The molecule has 1 N–H and O–H groups in total. The topological polar surface area (TPSA) is 56.8 Å². The number of ether oxygens (including phenoxy) is 3. The highest BCUT2D eigenvalue weighted by atomic mass is 16.7. The average molecular weight is 319 g/mol. The van der Waals surface area contributed by atoms with Crippen molar-refractivity contribution in [2.24, 2.45) is 11.8 Å². The fourth-order valence-electron chi connectivity index (χ4n) is 3.31. The number of hydrogen-bond acceptors (Lipinski definition) is 4. The quantitative estimate of drug-likeness (QED) is 0.927. The van der Waals surface area contributed by atoms with Crippen molar-refractivity contribution in [1.82, 2.24) is 5.32 Å². The Balaban J connectivity index is 1.74. The lowest BCUT2D eigenvalue weighted by Gasteiger charge is -2.30. The van der Waals surface area contributed by atoms with Crippen LogP contribution in [0.5, 0.6) is 11.5 Å². The first-order chi connectivity index (χ1) is 10.9. The van der Waals surface area contributed by atoms with Gasteiger partial charge in [0.15, 0.2) is 11.5 Å². The van der Waals surface area contributed by atoms with E-state index in [1.807, 2.05) is 32.0 Å². The van der Waals surface area contributed by atoms with Gasteiger partial charge in [0.2, 0.25) is 12.7 Å². The molecule has 2 aliphatic rings. The van der Waals surface area contributed by atoms with Gasteiger partial charge in [-0.3, -0.25) is 4.79 Å². The maximum Gasteiger partial charge on any atom is 0.231 e. The van der Waals surface area contributed by atoms with E-state index in [1.54, 1.807) is 0 Å². The van der Waals surface area contributed by atoms with Crippen LogP contribution in [0.25, 0.3) is 0 Å². The van der Waals surface area contributed by atoms with Gasteiger partial charge < -0.3 is 19.5 Å². The Morgan fingerprint density at radius 2 is 2.00 bits per heavy atom. The van der Waals surface area contributed by atoms with Crippen LogP contribution in [-0.2, 0) is 15.1 Å². The first kappa shape index (κ1) is 16.1. The number of nitrogens with one attached hydrogen (secondary N) is 1. The first-order valence-corrected chi connectivity index (χ1v) is 8.22. The van der Waals surface area contributed by atoms with Crippen LogP contribution in [0.15, 0.2) is 18.2 Å². The van der Waals surface area contributed by atoms with Crippen LogP contribution in [0.1, 0.15) is 39.7 Å². The molecule has 1 aromatic rings. The second kappa shape index (κ2) is 6.04. The van der Waals surface area contributed by atoms with Crippen LogP contribution in [0, 0.1) is 11.8 Å². The standard InChI is InChI=1S/C18H25NO4/c1-11(2)16-13(7-8-21-16)17(20)19-18(3,4)12-5-6-14-15(9-12)23-10-22-14/h5-6,9,11,13,16H,7-8,10H2,1-4H3,(H,19,20). The number of benzene rings is 1. The molecule has 1 saturated heterocycles. The molecule has 2 unspecified atom stereocenters. The summed E-state index contributed by atoms with van der Waals surface area (Å²) >= 11 is 0. The Labute approximate surface area is 137 Å². The second-order valence-corrected chi connectivity index (χ2v) is 7.16. The van der Waals surface area contributed by atoms with Crippen molar-refractivity contribution in [1.29, 1.82) is 0 Å². The maximum atomic E-state index is 12.7. The summed E-state index contributed by atoms with van der Waals surface area (Å²) < 4.78 is 16.5. The normalized spacial score (nSPS) is 23.3. The predicted octanol–water partition coefficient (Wildman–Crippen LogP) is 2.83. The molecule has 5 nitrogen and oxygen atoms in total.